The number of aromatic nitrogens is 1. The van der Waals surface area contributed by atoms with Crippen LogP contribution in [0, 0.1) is 5.92 Å². The van der Waals surface area contributed by atoms with E-state index in [0.717, 1.165) is 67.9 Å². The Morgan fingerprint density at radius 3 is 2.39 bits per heavy atom. The van der Waals surface area contributed by atoms with Crippen molar-refractivity contribution in [2.24, 2.45) is 13.0 Å². The van der Waals surface area contributed by atoms with E-state index in [0.29, 0.717) is 29.4 Å². The van der Waals surface area contributed by atoms with Crippen LogP contribution < -0.4 is 14.8 Å². The molecule has 2 heterocycles. The lowest BCUT2D eigenvalue weighted by atomic mass is 9.89. The fourth-order valence-electron chi connectivity index (χ4n) is 6.03. The van der Waals surface area contributed by atoms with Crippen LogP contribution in [0.1, 0.15) is 67.6 Å². The summed E-state index contributed by atoms with van der Waals surface area (Å²) in [5.41, 5.74) is 4.33. The molecule has 5 rings (SSSR count). The predicted molar refractivity (Wildman–Crippen MR) is 162 cm³/mol. The summed E-state index contributed by atoms with van der Waals surface area (Å²) in [6.07, 6.45) is 6.45. The highest BCUT2D eigenvalue weighted by atomic mass is 32.2. The molecular formula is C31H40N4O5S. The van der Waals surface area contributed by atoms with E-state index in [1.807, 2.05) is 47.7 Å². The number of benzene rings is 2. The zero-order valence-corrected chi connectivity index (χ0v) is 25.4. The Morgan fingerprint density at radius 2 is 1.78 bits per heavy atom. The SMILES string of the molecule is CCC(=O)N1CCC(Cc2cccc3cc(C(=O)Nc4cc(C5(C)CC5)cc(NS(C)(=O)=O)c4OC)n(C)c23)CC1. The van der Waals surface area contributed by atoms with Crippen molar-refractivity contribution in [3.05, 3.63) is 53.2 Å². The van der Waals surface area contributed by atoms with Crippen LogP contribution in [0.2, 0.25) is 0 Å². The second-order valence-electron chi connectivity index (χ2n) is 11.8. The van der Waals surface area contributed by atoms with Gasteiger partial charge >= 0.3 is 0 Å². The van der Waals surface area contributed by atoms with Crippen LogP contribution in [0.15, 0.2) is 36.4 Å². The molecule has 2 aromatic carbocycles. The van der Waals surface area contributed by atoms with E-state index in [9.17, 15) is 18.0 Å². The highest BCUT2D eigenvalue weighted by Crippen LogP contribution is 2.51. The van der Waals surface area contributed by atoms with Gasteiger partial charge in [-0.3, -0.25) is 14.3 Å². The molecule has 1 aliphatic heterocycles. The fourth-order valence-corrected chi connectivity index (χ4v) is 6.58. The summed E-state index contributed by atoms with van der Waals surface area (Å²) in [6.45, 7) is 5.62. The topological polar surface area (TPSA) is 110 Å². The van der Waals surface area contributed by atoms with Gasteiger partial charge in [0.25, 0.3) is 5.91 Å². The maximum absolute atomic E-state index is 13.7. The number of carbonyl (C=O) groups is 2. The predicted octanol–water partition coefficient (Wildman–Crippen LogP) is 5.05. The minimum atomic E-state index is -3.57. The average molecular weight is 581 g/mol. The number of likely N-dealkylation sites (tertiary alicyclic amines) is 1. The number of nitrogens with zero attached hydrogens (tertiary/aromatic N) is 2. The van der Waals surface area contributed by atoms with Crippen LogP contribution >= 0.6 is 0 Å². The number of carbonyl (C=O) groups excluding carboxylic acids is 2. The van der Waals surface area contributed by atoms with Gasteiger partial charge < -0.3 is 19.5 Å². The van der Waals surface area contributed by atoms with Gasteiger partial charge in [0.05, 0.1) is 30.3 Å². The van der Waals surface area contributed by atoms with Crippen molar-refractivity contribution in [2.45, 2.75) is 57.8 Å². The molecular weight excluding hydrogens is 540 g/mol. The largest absolute Gasteiger partial charge is 0.492 e. The summed E-state index contributed by atoms with van der Waals surface area (Å²) < 4.78 is 34.3. The van der Waals surface area contributed by atoms with Crippen LogP contribution in [-0.4, -0.2) is 56.2 Å². The zero-order chi connectivity index (χ0) is 29.5. The number of methoxy groups -OCH3 is 1. The number of hydrogen-bond donors (Lipinski definition) is 2. The maximum atomic E-state index is 13.7. The highest BCUT2D eigenvalue weighted by Gasteiger charge is 2.40. The molecule has 2 fully saturated rings. The first-order valence-corrected chi connectivity index (χ1v) is 16.2. The monoisotopic (exact) mass is 580 g/mol. The normalized spacial score (nSPS) is 17.0. The van der Waals surface area contributed by atoms with Gasteiger partial charge in [-0.2, -0.15) is 0 Å². The Kier molecular flexibility index (Phi) is 7.80. The van der Waals surface area contributed by atoms with Crippen LogP contribution in [-0.2, 0) is 33.7 Å². The van der Waals surface area contributed by atoms with E-state index >= 15 is 0 Å². The molecule has 0 radical (unpaired) electrons. The summed E-state index contributed by atoms with van der Waals surface area (Å²) in [5.74, 6) is 0.661. The van der Waals surface area contributed by atoms with E-state index in [1.165, 1.54) is 12.7 Å². The van der Waals surface area contributed by atoms with Gasteiger partial charge in [0.1, 0.15) is 5.69 Å². The Bertz CT molecular complexity index is 1600. The molecule has 1 aromatic heterocycles. The molecule has 0 atom stereocenters. The number of rotatable bonds is 9. The fraction of sp³-hybridized carbons (Fsp3) is 0.484. The number of fused-ring (bicyclic) bond motifs is 1. The second-order valence-corrected chi connectivity index (χ2v) is 13.6. The lowest BCUT2D eigenvalue weighted by Gasteiger charge is -2.32. The number of aryl methyl sites for hydroxylation is 1. The van der Waals surface area contributed by atoms with E-state index in [4.69, 9.17) is 4.74 Å². The van der Waals surface area contributed by atoms with Crippen molar-refractivity contribution in [1.82, 2.24) is 9.47 Å². The molecule has 0 unspecified atom stereocenters. The van der Waals surface area contributed by atoms with Crippen molar-refractivity contribution < 1.29 is 22.7 Å². The summed E-state index contributed by atoms with van der Waals surface area (Å²) in [4.78, 5) is 27.8. The van der Waals surface area contributed by atoms with Gasteiger partial charge in [-0.1, -0.05) is 32.0 Å². The minimum Gasteiger partial charge on any atom is -0.492 e. The first-order valence-electron chi connectivity index (χ1n) is 14.3. The molecule has 41 heavy (non-hydrogen) atoms. The summed E-state index contributed by atoms with van der Waals surface area (Å²) >= 11 is 0. The number of piperidine rings is 1. The summed E-state index contributed by atoms with van der Waals surface area (Å²) in [7, 11) is -0.203. The molecule has 1 aliphatic carbocycles. The molecule has 2 aliphatic rings. The highest BCUT2D eigenvalue weighted by molar-refractivity contribution is 7.92. The molecule has 1 saturated heterocycles. The molecule has 2 N–H and O–H groups in total. The van der Waals surface area contributed by atoms with Crippen LogP contribution in [0.5, 0.6) is 5.75 Å². The average Bonchev–Trinajstić information content (AvgIpc) is 3.59. The number of sulfonamides is 1. The van der Waals surface area contributed by atoms with Gasteiger partial charge in [-0.15, -0.1) is 0 Å². The quantitative estimate of drug-likeness (QED) is 0.368. The lowest BCUT2D eigenvalue weighted by molar-refractivity contribution is -0.132. The molecule has 9 nitrogen and oxygen atoms in total. The number of anilines is 2. The Balaban J connectivity index is 1.42. The first kappa shape index (κ1) is 29.0. The maximum Gasteiger partial charge on any atom is 0.272 e. The van der Waals surface area contributed by atoms with Crippen LogP contribution in [0.4, 0.5) is 11.4 Å². The summed E-state index contributed by atoms with van der Waals surface area (Å²) in [5, 5.41) is 4.00. The van der Waals surface area contributed by atoms with E-state index in [1.54, 1.807) is 6.07 Å². The summed E-state index contributed by atoms with van der Waals surface area (Å²) in [6, 6.07) is 11.8. The van der Waals surface area contributed by atoms with Gasteiger partial charge in [-0.05, 0) is 72.8 Å². The smallest absolute Gasteiger partial charge is 0.272 e. The van der Waals surface area contributed by atoms with Crippen molar-refractivity contribution in [3.63, 3.8) is 0 Å². The van der Waals surface area contributed by atoms with Gasteiger partial charge in [0, 0.05) is 31.9 Å². The third kappa shape index (κ3) is 6.07. The standard InChI is InChI=1S/C31H40N4O5S/c1-6-27(36)35-14-10-20(11-15-35)16-21-8-7-9-22-17-26(34(3)28(21)22)30(37)32-24-18-23(31(2)12-13-31)19-25(29(24)40-4)33-41(5,38)39/h7-9,17-20,33H,6,10-16H2,1-5H3,(H,32,37). The molecule has 10 heteroatoms. The molecule has 0 bridgehead atoms. The van der Waals surface area contributed by atoms with Gasteiger partial charge in [0.2, 0.25) is 15.9 Å². The van der Waals surface area contributed by atoms with Crippen LogP contribution in [0.3, 0.4) is 0 Å². The number of para-hydroxylation sites is 1. The molecule has 1 saturated carbocycles. The molecule has 0 spiro atoms. The zero-order valence-electron chi connectivity index (χ0n) is 24.5. The number of hydrogen-bond acceptors (Lipinski definition) is 5. The number of ether oxygens (including phenoxy) is 1. The molecule has 3 aromatic rings. The van der Waals surface area contributed by atoms with E-state index in [-0.39, 0.29) is 23.0 Å². The van der Waals surface area contributed by atoms with Gasteiger partial charge in [0.15, 0.2) is 5.75 Å². The minimum absolute atomic E-state index is 0.0613. The van der Waals surface area contributed by atoms with Crippen LogP contribution in [0.25, 0.3) is 10.9 Å². The number of amides is 2. The Hall–Kier alpha value is -3.53. The van der Waals surface area contributed by atoms with Crippen molar-refractivity contribution in [3.8, 4) is 5.75 Å². The third-order valence-corrected chi connectivity index (χ3v) is 9.27. The van der Waals surface area contributed by atoms with Gasteiger partial charge in [-0.25, -0.2) is 8.42 Å². The van der Waals surface area contributed by atoms with E-state index < -0.39 is 10.0 Å². The number of nitrogens with one attached hydrogen (secondary N) is 2. The van der Waals surface area contributed by atoms with Crippen molar-refractivity contribution >= 4 is 44.1 Å². The lowest BCUT2D eigenvalue weighted by Crippen LogP contribution is -2.38. The molecule has 220 valence electrons. The third-order valence-electron chi connectivity index (χ3n) is 8.68. The second kappa shape index (κ2) is 11.0. The molecule has 2 amide bonds. The Labute approximate surface area is 242 Å². The first-order chi connectivity index (χ1) is 19.4. The van der Waals surface area contributed by atoms with E-state index in [2.05, 4.69) is 23.0 Å². The Morgan fingerprint density at radius 1 is 1.10 bits per heavy atom. The van der Waals surface area contributed by atoms with Crippen molar-refractivity contribution in [2.75, 3.05) is 36.5 Å². The van der Waals surface area contributed by atoms with Crippen molar-refractivity contribution in [1.29, 1.82) is 0 Å².